The van der Waals surface area contributed by atoms with Gasteiger partial charge < -0.3 is 10.2 Å². The Bertz CT molecular complexity index is 606. The first-order valence-electron chi connectivity index (χ1n) is 9.74. The highest BCUT2D eigenvalue weighted by molar-refractivity contribution is 5.91. The molecule has 0 aliphatic heterocycles. The minimum atomic E-state index is -0.678. The summed E-state index contributed by atoms with van der Waals surface area (Å²) in [6.07, 6.45) is 6.57. The van der Waals surface area contributed by atoms with E-state index in [0.29, 0.717) is 30.6 Å². The van der Waals surface area contributed by atoms with E-state index < -0.39 is 5.60 Å². The van der Waals surface area contributed by atoms with Crippen LogP contribution in [0.15, 0.2) is 11.6 Å². The first-order valence-corrected chi connectivity index (χ1v) is 9.74. The summed E-state index contributed by atoms with van der Waals surface area (Å²) in [6, 6.07) is 0. The van der Waals surface area contributed by atoms with Gasteiger partial charge in [0.1, 0.15) is 0 Å². The Kier molecular flexibility index (Phi) is 3.46. The lowest BCUT2D eigenvalue weighted by Gasteiger charge is -2.62. The molecule has 134 valence electrons. The van der Waals surface area contributed by atoms with Crippen LogP contribution in [0.1, 0.15) is 66.2 Å². The maximum Gasteiger partial charge on any atom is 0.155 e. The minimum Gasteiger partial charge on any atom is -0.393 e. The summed E-state index contributed by atoms with van der Waals surface area (Å²) in [5, 5.41) is 22.2. The molecular formula is C21H32O3. The summed E-state index contributed by atoms with van der Waals surface area (Å²) < 4.78 is 0. The van der Waals surface area contributed by atoms with Crippen molar-refractivity contribution in [1.29, 1.82) is 0 Å². The van der Waals surface area contributed by atoms with Crippen LogP contribution in [0.3, 0.4) is 0 Å². The lowest BCUT2D eigenvalue weighted by Crippen LogP contribution is -2.61. The Morgan fingerprint density at radius 2 is 1.92 bits per heavy atom. The highest BCUT2D eigenvalue weighted by atomic mass is 16.3. The van der Waals surface area contributed by atoms with Crippen LogP contribution < -0.4 is 0 Å². The van der Waals surface area contributed by atoms with Crippen LogP contribution in [0.4, 0.5) is 0 Å². The van der Waals surface area contributed by atoms with E-state index in [1.54, 1.807) is 0 Å². The third-order valence-corrected chi connectivity index (χ3v) is 8.81. The fraction of sp³-hybridized carbons (Fsp3) is 0.857. The Balaban J connectivity index is 1.80. The third kappa shape index (κ3) is 1.94. The van der Waals surface area contributed by atoms with Gasteiger partial charge in [-0.05, 0) is 74.2 Å². The van der Waals surface area contributed by atoms with E-state index in [0.717, 1.165) is 25.7 Å². The molecule has 3 heteroatoms. The molecule has 0 heterocycles. The van der Waals surface area contributed by atoms with Crippen LogP contribution in [0.25, 0.3) is 0 Å². The number of carbonyl (C=O) groups excluding carboxylic acids is 1. The Morgan fingerprint density at radius 1 is 1.21 bits per heavy atom. The van der Waals surface area contributed by atoms with Gasteiger partial charge in [-0.25, -0.2) is 0 Å². The van der Waals surface area contributed by atoms with Gasteiger partial charge in [0, 0.05) is 11.8 Å². The molecule has 0 aromatic heterocycles. The number of aliphatic hydroxyl groups is 2. The van der Waals surface area contributed by atoms with Gasteiger partial charge >= 0.3 is 0 Å². The number of allylic oxidation sites excluding steroid dienone is 1. The van der Waals surface area contributed by atoms with Gasteiger partial charge in [-0.15, -0.1) is 0 Å². The van der Waals surface area contributed by atoms with E-state index >= 15 is 0 Å². The normalized spacial score (nSPS) is 57.0. The zero-order valence-corrected chi connectivity index (χ0v) is 15.5. The number of carbonyl (C=O) groups is 1. The fourth-order valence-corrected chi connectivity index (χ4v) is 7.23. The highest BCUT2D eigenvalue weighted by Gasteiger charge is 2.66. The van der Waals surface area contributed by atoms with Crippen molar-refractivity contribution in [2.75, 3.05) is 0 Å². The summed E-state index contributed by atoms with van der Waals surface area (Å²) in [5.74, 6) is 1.88. The van der Waals surface area contributed by atoms with Crippen LogP contribution >= 0.6 is 0 Å². The van der Waals surface area contributed by atoms with Crippen molar-refractivity contribution in [3.63, 3.8) is 0 Å². The molecule has 0 radical (unpaired) electrons. The standard InChI is InChI=1S/C21H32O3/c1-12-9-13-10-14(22)5-7-19(13,2)18-16(23)11-20(3)15(17(12)18)6-8-21(20,4)24/h10,12,15-18,23-24H,5-9,11H2,1-4H3/t12-,15-,16+,17-,18-,19-,20-,21-/m0/s1. The van der Waals surface area contributed by atoms with Crippen LogP contribution in [-0.2, 0) is 4.79 Å². The van der Waals surface area contributed by atoms with Gasteiger partial charge in [0.25, 0.3) is 0 Å². The van der Waals surface area contributed by atoms with Crippen LogP contribution in [0, 0.1) is 34.5 Å². The number of fused-ring (bicyclic) bond motifs is 5. The molecule has 0 spiro atoms. The SMILES string of the molecule is C[C@H]1CC2=CC(=O)CC[C@]2(C)[C@@H]2[C@@H]1[C@@H]1CC[C@](C)(O)[C@@]1(C)C[C@H]2O. The maximum atomic E-state index is 12.0. The minimum absolute atomic E-state index is 0.0414. The summed E-state index contributed by atoms with van der Waals surface area (Å²) in [4.78, 5) is 12.0. The topological polar surface area (TPSA) is 57.5 Å². The Morgan fingerprint density at radius 3 is 2.62 bits per heavy atom. The van der Waals surface area contributed by atoms with E-state index in [2.05, 4.69) is 20.8 Å². The predicted octanol–water partition coefficient (Wildman–Crippen LogP) is 3.49. The summed E-state index contributed by atoms with van der Waals surface area (Å²) in [7, 11) is 0. The first-order chi connectivity index (χ1) is 11.1. The van der Waals surface area contributed by atoms with Crippen molar-refractivity contribution >= 4 is 5.78 Å². The first kappa shape index (κ1) is 16.8. The van der Waals surface area contributed by atoms with Gasteiger partial charge in [-0.1, -0.05) is 26.3 Å². The number of hydrogen-bond donors (Lipinski definition) is 2. The van der Waals surface area contributed by atoms with E-state index in [4.69, 9.17) is 0 Å². The molecule has 0 unspecified atom stereocenters. The Labute approximate surface area is 145 Å². The molecule has 24 heavy (non-hydrogen) atoms. The molecule has 3 nitrogen and oxygen atoms in total. The summed E-state index contributed by atoms with van der Waals surface area (Å²) >= 11 is 0. The fourth-order valence-electron chi connectivity index (χ4n) is 7.23. The zero-order chi connectivity index (χ0) is 17.5. The molecule has 0 amide bonds. The average Bonchev–Trinajstić information content (AvgIpc) is 2.71. The van der Waals surface area contributed by atoms with E-state index in [-0.39, 0.29) is 28.6 Å². The van der Waals surface area contributed by atoms with Gasteiger partial charge in [0.15, 0.2) is 5.78 Å². The zero-order valence-electron chi connectivity index (χ0n) is 15.5. The molecule has 0 saturated heterocycles. The van der Waals surface area contributed by atoms with Crippen LogP contribution in [-0.4, -0.2) is 27.7 Å². The van der Waals surface area contributed by atoms with Crippen LogP contribution in [0.2, 0.25) is 0 Å². The maximum absolute atomic E-state index is 12.0. The predicted molar refractivity (Wildman–Crippen MR) is 93.3 cm³/mol. The smallest absolute Gasteiger partial charge is 0.155 e. The molecule has 3 fully saturated rings. The van der Waals surface area contributed by atoms with Crippen molar-refractivity contribution in [3.8, 4) is 0 Å². The quantitative estimate of drug-likeness (QED) is 0.714. The second-order valence-electron chi connectivity index (χ2n) is 9.95. The van der Waals surface area contributed by atoms with Crippen molar-refractivity contribution in [2.24, 2.45) is 34.5 Å². The van der Waals surface area contributed by atoms with Gasteiger partial charge in [0.05, 0.1) is 11.7 Å². The average molecular weight is 332 g/mol. The highest BCUT2D eigenvalue weighted by Crippen LogP contribution is 2.68. The van der Waals surface area contributed by atoms with Gasteiger partial charge in [-0.2, -0.15) is 0 Å². The van der Waals surface area contributed by atoms with Crippen molar-refractivity contribution in [3.05, 3.63) is 11.6 Å². The Hall–Kier alpha value is -0.670. The third-order valence-electron chi connectivity index (χ3n) is 8.81. The summed E-state index contributed by atoms with van der Waals surface area (Å²) in [5.41, 5.74) is 0.368. The second-order valence-corrected chi connectivity index (χ2v) is 9.95. The molecule has 2 N–H and O–H groups in total. The van der Waals surface area contributed by atoms with E-state index in [9.17, 15) is 15.0 Å². The largest absolute Gasteiger partial charge is 0.393 e. The molecule has 4 aliphatic carbocycles. The lowest BCUT2D eigenvalue weighted by atomic mass is 9.43. The van der Waals surface area contributed by atoms with E-state index in [1.807, 2.05) is 13.0 Å². The molecule has 0 aromatic carbocycles. The van der Waals surface area contributed by atoms with E-state index in [1.165, 1.54) is 5.57 Å². The number of hydrogen-bond acceptors (Lipinski definition) is 3. The molecule has 4 rings (SSSR count). The van der Waals surface area contributed by atoms with Crippen LogP contribution in [0.5, 0.6) is 0 Å². The molecule has 4 aliphatic rings. The van der Waals surface area contributed by atoms with Gasteiger partial charge in [0.2, 0.25) is 0 Å². The van der Waals surface area contributed by atoms with Crippen molar-refractivity contribution < 1.29 is 15.0 Å². The van der Waals surface area contributed by atoms with Crippen molar-refractivity contribution in [1.82, 2.24) is 0 Å². The lowest BCUT2D eigenvalue weighted by molar-refractivity contribution is -0.176. The summed E-state index contributed by atoms with van der Waals surface area (Å²) in [6.45, 7) is 8.76. The second kappa shape index (κ2) is 4.94. The number of ketones is 1. The van der Waals surface area contributed by atoms with Gasteiger partial charge in [-0.3, -0.25) is 4.79 Å². The molecule has 0 aromatic rings. The number of rotatable bonds is 0. The molecule has 3 saturated carbocycles. The van der Waals surface area contributed by atoms with Crippen molar-refractivity contribution in [2.45, 2.75) is 77.9 Å². The number of aliphatic hydroxyl groups excluding tert-OH is 1. The molecule has 8 atom stereocenters. The molecular weight excluding hydrogens is 300 g/mol. The monoisotopic (exact) mass is 332 g/mol. The molecule has 0 bridgehead atoms.